The normalized spacial score (nSPS) is 12.9. The number of hydrogen-bond donors (Lipinski definition) is 3. The maximum Gasteiger partial charge on any atom is 0.326 e. The minimum atomic E-state index is -3.53. The molecule has 1 amide bonds. The van der Waals surface area contributed by atoms with E-state index in [0.29, 0.717) is 5.56 Å². The summed E-state index contributed by atoms with van der Waals surface area (Å²) in [6.45, 7) is 3.74. The van der Waals surface area contributed by atoms with Crippen molar-refractivity contribution in [2.75, 3.05) is 6.54 Å². The topological polar surface area (TPSA) is 113 Å². The van der Waals surface area contributed by atoms with Gasteiger partial charge in [0.1, 0.15) is 6.04 Å². The van der Waals surface area contributed by atoms with Crippen molar-refractivity contribution in [2.24, 2.45) is 0 Å². The van der Waals surface area contributed by atoms with Crippen LogP contribution in [0.1, 0.15) is 25.8 Å². The van der Waals surface area contributed by atoms with E-state index >= 15 is 0 Å². The van der Waals surface area contributed by atoms with E-state index in [9.17, 15) is 18.0 Å². The molecule has 0 aromatic heterocycles. The maximum absolute atomic E-state index is 11.9. The number of sulfonamides is 1. The summed E-state index contributed by atoms with van der Waals surface area (Å²) < 4.78 is 26.0. The molecule has 24 heavy (non-hydrogen) atoms. The number of carboxylic acids is 1. The van der Waals surface area contributed by atoms with Gasteiger partial charge in [-0.25, -0.2) is 17.9 Å². The molecule has 0 saturated heterocycles. The van der Waals surface area contributed by atoms with Gasteiger partial charge in [-0.05, 0) is 31.0 Å². The van der Waals surface area contributed by atoms with Crippen LogP contribution in [0.25, 0.3) is 0 Å². The summed E-state index contributed by atoms with van der Waals surface area (Å²) in [4.78, 5) is 23.1. The third-order valence-electron chi connectivity index (χ3n) is 3.17. The Hall–Kier alpha value is -2.19. The van der Waals surface area contributed by atoms with Crippen molar-refractivity contribution >= 4 is 21.9 Å². The van der Waals surface area contributed by atoms with Crippen LogP contribution in [0.4, 0.5) is 0 Å². The van der Waals surface area contributed by atoms with E-state index in [4.69, 9.17) is 5.11 Å². The summed E-state index contributed by atoms with van der Waals surface area (Å²) in [6.07, 6.45) is 3.56. The van der Waals surface area contributed by atoms with Gasteiger partial charge >= 0.3 is 5.97 Å². The molecule has 8 heteroatoms. The average molecular weight is 354 g/mol. The molecule has 0 aliphatic heterocycles. The van der Waals surface area contributed by atoms with Crippen molar-refractivity contribution in [3.8, 4) is 0 Å². The Kier molecular flexibility index (Phi) is 7.60. The smallest absolute Gasteiger partial charge is 0.326 e. The van der Waals surface area contributed by atoms with E-state index in [1.54, 1.807) is 26.0 Å². The Morgan fingerprint density at radius 1 is 1.25 bits per heavy atom. The second-order valence-corrected chi connectivity index (χ2v) is 6.85. The third-order valence-corrected chi connectivity index (χ3v) is 4.73. The highest BCUT2D eigenvalue weighted by Crippen LogP contribution is 2.11. The summed E-state index contributed by atoms with van der Waals surface area (Å²) in [5.41, 5.74) is 0.595. The standard InChI is InChI=1S/C16H22N2O5S/c1-3-5-6-14(16(20)21)18-15(19)11-12-7-9-13(10-8-12)24(22,23)17-4-2/h3,5,7-10,14,17H,4,6,11H2,1-2H3,(H,18,19)(H,20,21)/b5-3+. The first kappa shape index (κ1) is 19.9. The van der Waals surface area contributed by atoms with Crippen LogP contribution < -0.4 is 10.0 Å². The lowest BCUT2D eigenvalue weighted by molar-refractivity contribution is -0.141. The molecule has 3 N–H and O–H groups in total. The molecular formula is C16H22N2O5S. The molecule has 1 aromatic rings. The minimum Gasteiger partial charge on any atom is -0.480 e. The second-order valence-electron chi connectivity index (χ2n) is 5.09. The fourth-order valence-electron chi connectivity index (χ4n) is 1.98. The van der Waals surface area contributed by atoms with Gasteiger partial charge in [0.25, 0.3) is 0 Å². The van der Waals surface area contributed by atoms with Gasteiger partial charge in [0.05, 0.1) is 11.3 Å². The van der Waals surface area contributed by atoms with Crippen molar-refractivity contribution in [3.63, 3.8) is 0 Å². The number of carbonyl (C=O) groups excluding carboxylic acids is 1. The Bertz CT molecular complexity index is 696. The molecule has 0 radical (unpaired) electrons. The third kappa shape index (κ3) is 6.13. The zero-order valence-corrected chi connectivity index (χ0v) is 14.5. The number of benzene rings is 1. The molecule has 0 aliphatic rings. The van der Waals surface area contributed by atoms with Crippen molar-refractivity contribution in [2.45, 2.75) is 37.6 Å². The van der Waals surface area contributed by atoms with Crippen LogP contribution >= 0.6 is 0 Å². The molecule has 0 heterocycles. The van der Waals surface area contributed by atoms with Crippen molar-refractivity contribution in [1.29, 1.82) is 0 Å². The number of nitrogens with one attached hydrogen (secondary N) is 2. The predicted octanol–water partition coefficient (Wildman–Crippen LogP) is 1.06. The molecule has 1 unspecified atom stereocenters. The predicted molar refractivity (Wildman–Crippen MR) is 90.0 cm³/mol. The molecule has 0 fully saturated rings. The highest BCUT2D eigenvalue weighted by molar-refractivity contribution is 7.89. The molecule has 7 nitrogen and oxygen atoms in total. The zero-order chi connectivity index (χ0) is 18.2. The van der Waals surface area contributed by atoms with Crippen molar-refractivity contribution in [1.82, 2.24) is 10.0 Å². The fourth-order valence-corrected chi connectivity index (χ4v) is 3.03. The van der Waals surface area contributed by atoms with Gasteiger partial charge in [0.15, 0.2) is 0 Å². The van der Waals surface area contributed by atoms with E-state index in [0.717, 1.165) is 0 Å². The largest absolute Gasteiger partial charge is 0.480 e. The van der Waals surface area contributed by atoms with Crippen LogP contribution in [0.3, 0.4) is 0 Å². The first-order chi connectivity index (χ1) is 11.3. The quantitative estimate of drug-likeness (QED) is 0.574. The van der Waals surface area contributed by atoms with Gasteiger partial charge in [-0.1, -0.05) is 31.2 Å². The molecule has 0 saturated carbocycles. The number of carboxylic acid groups (broad SMARTS) is 1. The van der Waals surface area contributed by atoms with Crippen LogP contribution in [0.2, 0.25) is 0 Å². The Morgan fingerprint density at radius 3 is 2.38 bits per heavy atom. The average Bonchev–Trinajstić information content (AvgIpc) is 2.51. The number of amides is 1. The summed E-state index contributed by atoms with van der Waals surface area (Å²) >= 11 is 0. The highest BCUT2D eigenvalue weighted by Gasteiger charge is 2.18. The lowest BCUT2D eigenvalue weighted by atomic mass is 10.1. The summed E-state index contributed by atoms with van der Waals surface area (Å²) in [5.74, 6) is -1.54. The van der Waals surface area contributed by atoms with E-state index in [1.807, 2.05) is 0 Å². The van der Waals surface area contributed by atoms with Crippen LogP contribution in [0.5, 0.6) is 0 Å². The van der Waals surface area contributed by atoms with Crippen LogP contribution in [0.15, 0.2) is 41.3 Å². The molecule has 1 aromatic carbocycles. The first-order valence-corrected chi connectivity index (χ1v) is 9.00. The number of hydrogen-bond acceptors (Lipinski definition) is 4. The molecular weight excluding hydrogens is 332 g/mol. The number of allylic oxidation sites excluding steroid dienone is 1. The number of carbonyl (C=O) groups is 2. The molecule has 1 rings (SSSR count). The van der Waals surface area contributed by atoms with E-state index in [2.05, 4.69) is 10.0 Å². The van der Waals surface area contributed by atoms with Crippen LogP contribution in [-0.4, -0.2) is 38.0 Å². The fraction of sp³-hybridized carbons (Fsp3) is 0.375. The van der Waals surface area contributed by atoms with Gasteiger partial charge in [0, 0.05) is 6.54 Å². The molecule has 0 aliphatic carbocycles. The Labute approximate surface area is 141 Å². The van der Waals surface area contributed by atoms with Gasteiger partial charge in [0.2, 0.25) is 15.9 Å². The summed E-state index contributed by atoms with van der Waals surface area (Å²) in [6, 6.07) is 4.91. The van der Waals surface area contributed by atoms with Gasteiger partial charge in [-0.2, -0.15) is 0 Å². The summed E-state index contributed by atoms with van der Waals surface area (Å²) in [7, 11) is -3.53. The lowest BCUT2D eigenvalue weighted by Crippen LogP contribution is -2.41. The zero-order valence-electron chi connectivity index (χ0n) is 13.7. The van der Waals surface area contributed by atoms with Crippen LogP contribution in [-0.2, 0) is 26.0 Å². The van der Waals surface area contributed by atoms with Gasteiger partial charge in [-0.15, -0.1) is 0 Å². The van der Waals surface area contributed by atoms with Gasteiger partial charge < -0.3 is 10.4 Å². The maximum atomic E-state index is 11.9. The Balaban J connectivity index is 2.72. The van der Waals surface area contributed by atoms with Gasteiger partial charge in [-0.3, -0.25) is 4.79 Å². The van der Waals surface area contributed by atoms with E-state index in [1.165, 1.54) is 24.3 Å². The lowest BCUT2D eigenvalue weighted by Gasteiger charge is -2.13. The number of rotatable bonds is 9. The van der Waals surface area contributed by atoms with Crippen molar-refractivity contribution < 1.29 is 23.1 Å². The Morgan fingerprint density at radius 2 is 1.88 bits per heavy atom. The summed E-state index contributed by atoms with van der Waals surface area (Å²) in [5, 5.41) is 11.5. The molecule has 132 valence electrons. The molecule has 0 bridgehead atoms. The highest BCUT2D eigenvalue weighted by atomic mass is 32.2. The second kappa shape index (κ2) is 9.19. The molecule has 1 atom stereocenters. The SMILES string of the molecule is C/C=C/CC(NC(=O)Cc1ccc(S(=O)(=O)NCC)cc1)C(=O)O. The monoisotopic (exact) mass is 354 g/mol. The minimum absolute atomic E-state index is 0.0266. The first-order valence-electron chi connectivity index (χ1n) is 7.52. The van der Waals surface area contributed by atoms with E-state index < -0.39 is 27.9 Å². The van der Waals surface area contributed by atoms with Crippen LogP contribution in [0, 0.1) is 0 Å². The van der Waals surface area contributed by atoms with E-state index in [-0.39, 0.29) is 24.3 Å². The number of aliphatic carboxylic acids is 1. The molecule has 0 spiro atoms. The van der Waals surface area contributed by atoms with Crippen molar-refractivity contribution in [3.05, 3.63) is 42.0 Å².